The first-order valence-electron chi connectivity index (χ1n) is 6.98. The van der Waals surface area contributed by atoms with Gasteiger partial charge >= 0.3 is 0 Å². The summed E-state index contributed by atoms with van der Waals surface area (Å²) in [5, 5.41) is 4.76. The molecule has 4 heteroatoms. The zero-order valence-electron chi connectivity index (χ0n) is 12.1. The van der Waals surface area contributed by atoms with Crippen LogP contribution >= 0.6 is 39.1 Å². The van der Waals surface area contributed by atoms with E-state index < -0.39 is 0 Å². The van der Waals surface area contributed by atoms with Crippen molar-refractivity contribution in [3.8, 4) is 0 Å². The number of hydrogen-bond acceptors (Lipinski definition) is 1. The molecule has 0 fully saturated rings. The zero-order valence-corrected chi connectivity index (χ0v) is 15.2. The molecule has 1 unspecified atom stereocenters. The zero-order chi connectivity index (χ0) is 15.4. The molecular weight excluding hydrogens is 369 g/mol. The Hall–Kier alpha value is -0.540. The molecular formula is C17H18BrCl2N. The maximum atomic E-state index is 6.42. The van der Waals surface area contributed by atoms with Gasteiger partial charge in [-0.1, -0.05) is 76.4 Å². The van der Waals surface area contributed by atoms with E-state index in [0.717, 1.165) is 23.0 Å². The highest BCUT2D eigenvalue weighted by atomic mass is 79.9. The quantitative estimate of drug-likeness (QED) is 0.649. The monoisotopic (exact) mass is 385 g/mol. The summed E-state index contributed by atoms with van der Waals surface area (Å²) in [6, 6.07) is 12.1. The Labute approximate surface area is 144 Å². The van der Waals surface area contributed by atoms with E-state index in [1.165, 1.54) is 11.1 Å². The van der Waals surface area contributed by atoms with Gasteiger partial charge in [0.05, 0.1) is 16.1 Å². The molecule has 0 aliphatic heterocycles. The Balaban J connectivity index is 2.52. The van der Waals surface area contributed by atoms with E-state index in [4.69, 9.17) is 23.2 Å². The second-order valence-electron chi connectivity index (χ2n) is 5.01. The lowest BCUT2D eigenvalue weighted by Gasteiger charge is -2.23. The van der Waals surface area contributed by atoms with Crippen LogP contribution in [0.1, 0.15) is 36.1 Å². The average Bonchev–Trinajstić information content (AvgIpc) is 2.47. The number of nitrogens with one attached hydrogen (secondary N) is 1. The van der Waals surface area contributed by atoms with Crippen molar-refractivity contribution in [2.24, 2.45) is 0 Å². The van der Waals surface area contributed by atoms with Gasteiger partial charge in [0, 0.05) is 4.47 Å². The van der Waals surface area contributed by atoms with Gasteiger partial charge in [0.2, 0.25) is 0 Å². The van der Waals surface area contributed by atoms with Gasteiger partial charge in [-0.25, -0.2) is 0 Å². The molecule has 0 radical (unpaired) electrons. The van der Waals surface area contributed by atoms with Crippen LogP contribution in [0.4, 0.5) is 0 Å². The summed E-state index contributed by atoms with van der Waals surface area (Å²) in [4.78, 5) is 0. The maximum absolute atomic E-state index is 6.42. The second kappa shape index (κ2) is 7.64. The van der Waals surface area contributed by atoms with Crippen molar-refractivity contribution < 1.29 is 0 Å². The molecule has 0 spiro atoms. The Bertz CT molecular complexity index is 577. The summed E-state index contributed by atoms with van der Waals surface area (Å²) in [5.41, 5.74) is 3.38. The fraction of sp³-hybridized carbons (Fsp3) is 0.294. The molecule has 0 bridgehead atoms. The van der Waals surface area contributed by atoms with Gasteiger partial charge in [-0.15, -0.1) is 0 Å². The van der Waals surface area contributed by atoms with Crippen molar-refractivity contribution in [2.75, 3.05) is 6.54 Å². The fourth-order valence-corrected chi connectivity index (χ4v) is 3.22. The van der Waals surface area contributed by atoms with Gasteiger partial charge in [-0.05, 0) is 42.6 Å². The topological polar surface area (TPSA) is 12.0 Å². The van der Waals surface area contributed by atoms with Crippen LogP contribution in [0.25, 0.3) is 0 Å². The molecule has 2 rings (SSSR count). The molecule has 21 heavy (non-hydrogen) atoms. The van der Waals surface area contributed by atoms with Crippen LogP contribution in [-0.4, -0.2) is 6.54 Å². The van der Waals surface area contributed by atoms with E-state index in [-0.39, 0.29) is 6.04 Å². The normalized spacial score (nSPS) is 12.4. The van der Waals surface area contributed by atoms with Crippen molar-refractivity contribution in [1.82, 2.24) is 5.32 Å². The Kier molecular flexibility index (Phi) is 6.12. The number of hydrogen-bond donors (Lipinski definition) is 1. The van der Waals surface area contributed by atoms with Gasteiger partial charge in [-0.2, -0.15) is 0 Å². The van der Waals surface area contributed by atoms with Gasteiger partial charge in [0.25, 0.3) is 0 Å². The van der Waals surface area contributed by atoms with Gasteiger partial charge < -0.3 is 5.32 Å². The summed E-state index contributed by atoms with van der Waals surface area (Å²) >= 11 is 16.3. The Morgan fingerprint density at radius 3 is 2.48 bits per heavy atom. The van der Waals surface area contributed by atoms with Crippen LogP contribution < -0.4 is 5.32 Å². The van der Waals surface area contributed by atoms with E-state index in [0.29, 0.717) is 10.0 Å². The highest BCUT2D eigenvalue weighted by Gasteiger charge is 2.20. The summed E-state index contributed by atoms with van der Waals surface area (Å²) in [5.74, 6) is 0. The summed E-state index contributed by atoms with van der Waals surface area (Å²) in [6.45, 7) is 5.15. The summed E-state index contributed by atoms with van der Waals surface area (Å²) in [7, 11) is 0. The molecule has 0 saturated carbocycles. The lowest BCUT2D eigenvalue weighted by atomic mass is 9.97. The first kappa shape index (κ1) is 16.8. The van der Waals surface area contributed by atoms with E-state index >= 15 is 0 Å². The minimum absolute atomic E-state index is 0.0189. The smallest absolute Gasteiger partial charge is 0.0643 e. The minimum atomic E-state index is 0.0189. The fourth-order valence-electron chi connectivity index (χ4n) is 2.31. The predicted molar refractivity (Wildman–Crippen MR) is 95.5 cm³/mol. The number of aryl methyl sites for hydroxylation is 1. The first-order chi connectivity index (χ1) is 10.1. The van der Waals surface area contributed by atoms with Crippen LogP contribution in [-0.2, 0) is 0 Å². The van der Waals surface area contributed by atoms with Crippen LogP contribution in [0.3, 0.4) is 0 Å². The van der Waals surface area contributed by atoms with E-state index in [1.54, 1.807) is 0 Å². The maximum Gasteiger partial charge on any atom is 0.0643 e. The lowest BCUT2D eigenvalue weighted by molar-refractivity contribution is 0.596. The predicted octanol–water partition coefficient (Wildman–Crippen LogP) is 6.15. The van der Waals surface area contributed by atoms with Crippen molar-refractivity contribution >= 4 is 39.1 Å². The summed E-state index contributed by atoms with van der Waals surface area (Å²) in [6.07, 6.45) is 1.05. The minimum Gasteiger partial charge on any atom is -0.306 e. The molecule has 0 heterocycles. The third kappa shape index (κ3) is 3.81. The molecule has 0 aliphatic rings. The SMILES string of the molecule is CCCNC(c1cccc(Cl)c1Cl)c1cccc(C)c1Br. The number of benzene rings is 2. The molecule has 1 N–H and O–H groups in total. The van der Waals surface area contributed by atoms with Crippen molar-refractivity contribution in [3.05, 3.63) is 67.6 Å². The summed E-state index contributed by atoms with van der Waals surface area (Å²) < 4.78 is 1.11. The van der Waals surface area contributed by atoms with Crippen LogP contribution in [0.2, 0.25) is 10.0 Å². The van der Waals surface area contributed by atoms with Crippen LogP contribution in [0, 0.1) is 6.92 Å². The third-order valence-corrected chi connectivity index (χ3v) is 5.34. The van der Waals surface area contributed by atoms with E-state index in [1.807, 2.05) is 18.2 Å². The van der Waals surface area contributed by atoms with Crippen LogP contribution in [0.5, 0.6) is 0 Å². The highest BCUT2D eigenvalue weighted by molar-refractivity contribution is 9.10. The van der Waals surface area contributed by atoms with Crippen LogP contribution in [0.15, 0.2) is 40.9 Å². The number of halogens is 3. The van der Waals surface area contributed by atoms with E-state index in [9.17, 15) is 0 Å². The number of rotatable bonds is 5. The van der Waals surface area contributed by atoms with Crippen molar-refractivity contribution in [3.63, 3.8) is 0 Å². The highest BCUT2D eigenvalue weighted by Crippen LogP contribution is 2.36. The van der Waals surface area contributed by atoms with Gasteiger partial charge in [0.15, 0.2) is 0 Å². The third-order valence-electron chi connectivity index (χ3n) is 3.42. The Morgan fingerprint density at radius 1 is 1.10 bits per heavy atom. The molecule has 2 aromatic carbocycles. The Morgan fingerprint density at radius 2 is 1.76 bits per heavy atom. The average molecular weight is 387 g/mol. The molecule has 0 saturated heterocycles. The molecule has 2 aromatic rings. The van der Waals surface area contributed by atoms with Gasteiger partial charge in [-0.3, -0.25) is 0 Å². The van der Waals surface area contributed by atoms with Gasteiger partial charge in [0.1, 0.15) is 0 Å². The van der Waals surface area contributed by atoms with Crippen molar-refractivity contribution in [2.45, 2.75) is 26.3 Å². The molecule has 0 aliphatic carbocycles. The molecule has 1 atom stereocenters. The molecule has 0 aromatic heterocycles. The lowest BCUT2D eigenvalue weighted by Crippen LogP contribution is -2.24. The largest absolute Gasteiger partial charge is 0.306 e. The standard InChI is InChI=1S/C17H18BrCl2N/c1-3-10-21-17(12-7-4-6-11(2)15(12)18)13-8-5-9-14(19)16(13)20/h4-9,17,21H,3,10H2,1-2H3. The van der Waals surface area contributed by atoms with Crippen molar-refractivity contribution in [1.29, 1.82) is 0 Å². The molecule has 112 valence electrons. The molecule has 1 nitrogen and oxygen atoms in total. The van der Waals surface area contributed by atoms with E-state index in [2.05, 4.69) is 53.3 Å². The second-order valence-corrected chi connectivity index (χ2v) is 6.59. The molecule has 0 amide bonds. The first-order valence-corrected chi connectivity index (χ1v) is 8.53.